The van der Waals surface area contributed by atoms with Gasteiger partial charge in [-0.2, -0.15) is 0 Å². The van der Waals surface area contributed by atoms with Crippen LogP contribution in [-0.2, 0) is 4.74 Å². The molecule has 0 fully saturated rings. The van der Waals surface area contributed by atoms with E-state index in [1.165, 1.54) is 24.3 Å². The van der Waals surface area contributed by atoms with Crippen molar-refractivity contribution in [3.05, 3.63) is 39.0 Å². The van der Waals surface area contributed by atoms with Gasteiger partial charge in [0.25, 0.3) is 0 Å². The molecule has 0 saturated carbocycles. The molecule has 2 nitrogen and oxygen atoms in total. The molecule has 36 heavy (non-hydrogen) atoms. The summed E-state index contributed by atoms with van der Waals surface area (Å²) in [7, 11) is 0. The molecule has 1 aromatic rings. The van der Waals surface area contributed by atoms with Gasteiger partial charge in [-0.1, -0.05) is 0 Å². The van der Waals surface area contributed by atoms with E-state index in [-0.39, 0.29) is 17.7 Å². The Hall–Kier alpha value is -1.63. The Balaban J connectivity index is 4.03. The zero-order valence-electron chi connectivity index (χ0n) is 21.5. The number of hydrogen-bond acceptors (Lipinski definition) is 2. The number of esters is 1. The summed E-state index contributed by atoms with van der Waals surface area (Å²) in [5.41, 5.74) is -0.540. The van der Waals surface area contributed by atoms with Crippen LogP contribution < -0.4 is 0 Å². The molecule has 0 aliphatic heterocycles. The third kappa shape index (κ3) is 10.0. The van der Waals surface area contributed by atoms with Crippen molar-refractivity contribution in [3.63, 3.8) is 0 Å². The first-order chi connectivity index (χ1) is 16.8. The molecular formula is C27H36F6O2Sn. The van der Waals surface area contributed by atoms with Gasteiger partial charge in [0.2, 0.25) is 0 Å². The molecule has 0 aromatic heterocycles. The van der Waals surface area contributed by atoms with Crippen molar-refractivity contribution < 1.29 is 35.9 Å². The summed E-state index contributed by atoms with van der Waals surface area (Å²) in [5.74, 6) is 2.36. The second-order valence-corrected chi connectivity index (χ2v) is 21.9. The van der Waals surface area contributed by atoms with Gasteiger partial charge < -0.3 is 0 Å². The standard InChI is InChI=1S/C15H9F6O2.3C4H9.Sn/c1-2-23-13(22)11-5-3-10(4-6-11)12(9-15(19,20)21)7-8-14(16,17)18;3*1-3-4-2;/h3-6H,2H2,1H3;3*1,3-4H2,2H3;. The number of halogens is 6. The Morgan fingerprint density at radius 2 is 1.25 bits per heavy atom. The molecule has 0 aliphatic carbocycles. The molecule has 0 atom stereocenters. The number of ether oxygens (including phenoxy) is 1. The molecular weight excluding hydrogens is 589 g/mol. The number of rotatable bonds is 13. The Morgan fingerprint density at radius 3 is 1.61 bits per heavy atom. The van der Waals surface area contributed by atoms with Gasteiger partial charge >= 0.3 is 215 Å². The van der Waals surface area contributed by atoms with Crippen molar-refractivity contribution in [1.82, 2.24) is 0 Å². The SMILES string of the molecule is CCC[CH2][Sn]([CH2]CCC)([CH2]CCC)/[C](=C(\C#CC(F)(F)F)c1ccc(C(=O)OCC)cc1)C(F)(F)F. The number of hydrogen-bond donors (Lipinski definition) is 0. The van der Waals surface area contributed by atoms with Crippen LogP contribution in [0.3, 0.4) is 0 Å². The van der Waals surface area contributed by atoms with E-state index in [9.17, 15) is 31.1 Å². The van der Waals surface area contributed by atoms with Crippen molar-refractivity contribution in [2.45, 2.75) is 91.9 Å². The number of alkyl halides is 6. The third-order valence-corrected chi connectivity index (χ3v) is 21.9. The van der Waals surface area contributed by atoms with Gasteiger partial charge in [-0.3, -0.25) is 0 Å². The molecule has 0 heterocycles. The van der Waals surface area contributed by atoms with Gasteiger partial charge in [0.15, 0.2) is 0 Å². The Kier molecular flexibility index (Phi) is 13.4. The molecule has 0 N–H and O–H groups in total. The number of allylic oxidation sites excluding steroid dienone is 2. The van der Waals surface area contributed by atoms with Gasteiger partial charge in [0.1, 0.15) is 0 Å². The predicted molar refractivity (Wildman–Crippen MR) is 134 cm³/mol. The number of unbranched alkanes of at least 4 members (excludes halogenated alkanes) is 3. The molecule has 0 bridgehead atoms. The van der Waals surface area contributed by atoms with Crippen LogP contribution in [0.1, 0.15) is 82.1 Å². The van der Waals surface area contributed by atoms with E-state index in [1.54, 1.807) is 6.92 Å². The summed E-state index contributed by atoms with van der Waals surface area (Å²) in [4.78, 5) is 12.0. The maximum absolute atomic E-state index is 14.9. The summed E-state index contributed by atoms with van der Waals surface area (Å²) in [6, 6.07) is 5.04. The first-order valence-corrected chi connectivity index (χ1v) is 20.0. The Bertz CT molecular complexity index is 899. The maximum atomic E-state index is 14.9. The zero-order valence-corrected chi connectivity index (χ0v) is 24.3. The van der Waals surface area contributed by atoms with Crippen molar-refractivity contribution in [2.75, 3.05) is 6.61 Å². The van der Waals surface area contributed by atoms with E-state index in [2.05, 4.69) is 0 Å². The van der Waals surface area contributed by atoms with Gasteiger partial charge in [0, 0.05) is 0 Å². The van der Waals surface area contributed by atoms with Crippen LogP contribution in [0.15, 0.2) is 27.9 Å². The molecule has 1 rings (SSSR count). The molecule has 202 valence electrons. The van der Waals surface area contributed by atoms with Crippen molar-refractivity contribution in [2.24, 2.45) is 0 Å². The van der Waals surface area contributed by atoms with Crippen LogP contribution in [-0.4, -0.2) is 43.3 Å². The molecule has 0 unspecified atom stereocenters. The molecule has 0 spiro atoms. The first-order valence-electron chi connectivity index (χ1n) is 12.5. The molecule has 9 heteroatoms. The second kappa shape index (κ2) is 14.9. The molecule has 1 aromatic carbocycles. The zero-order chi connectivity index (χ0) is 27.4. The van der Waals surface area contributed by atoms with Gasteiger partial charge in [-0.25, -0.2) is 0 Å². The average Bonchev–Trinajstić information content (AvgIpc) is 2.81. The van der Waals surface area contributed by atoms with Crippen LogP contribution in [0.5, 0.6) is 0 Å². The summed E-state index contributed by atoms with van der Waals surface area (Å²) in [6.07, 6.45) is -5.82. The molecule has 0 radical (unpaired) electrons. The van der Waals surface area contributed by atoms with E-state index in [0.717, 1.165) is 5.92 Å². The van der Waals surface area contributed by atoms with Gasteiger partial charge in [-0.05, 0) is 0 Å². The van der Waals surface area contributed by atoms with Crippen LogP contribution in [0, 0.1) is 11.8 Å². The van der Waals surface area contributed by atoms with Crippen LogP contribution in [0.25, 0.3) is 5.57 Å². The van der Waals surface area contributed by atoms with E-state index < -0.39 is 45.9 Å². The van der Waals surface area contributed by atoms with E-state index in [0.29, 0.717) is 51.8 Å². The summed E-state index contributed by atoms with van der Waals surface area (Å²) in [6.45, 7) is 7.46. The quantitative estimate of drug-likeness (QED) is 0.0947. The molecule has 0 saturated heterocycles. The van der Waals surface area contributed by atoms with Crippen LogP contribution in [0.2, 0.25) is 13.3 Å². The minimum atomic E-state index is -4.94. The molecule has 0 amide bonds. The summed E-state index contributed by atoms with van der Waals surface area (Å²) >= 11 is -4.32. The fraction of sp³-hybridized carbons (Fsp3) is 0.593. The van der Waals surface area contributed by atoms with E-state index >= 15 is 0 Å². The normalized spacial score (nSPS) is 13.1. The summed E-state index contributed by atoms with van der Waals surface area (Å²) < 4.78 is 89.6. The number of carbonyl (C=O) groups excluding carboxylic acids is 1. The van der Waals surface area contributed by atoms with E-state index in [1.807, 2.05) is 26.7 Å². The summed E-state index contributed by atoms with van der Waals surface area (Å²) in [5, 5.41) is 0. The number of benzene rings is 1. The Morgan fingerprint density at radius 1 is 0.806 bits per heavy atom. The van der Waals surface area contributed by atoms with Crippen molar-refractivity contribution in [1.29, 1.82) is 0 Å². The second-order valence-electron chi connectivity index (χ2n) is 8.88. The fourth-order valence-electron chi connectivity index (χ4n) is 4.40. The van der Waals surface area contributed by atoms with Gasteiger partial charge in [-0.15, -0.1) is 0 Å². The van der Waals surface area contributed by atoms with E-state index in [4.69, 9.17) is 4.74 Å². The van der Waals surface area contributed by atoms with Crippen LogP contribution in [0.4, 0.5) is 26.3 Å². The topological polar surface area (TPSA) is 26.3 Å². The van der Waals surface area contributed by atoms with Crippen LogP contribution >= 0.6 is 0 Å². The Labute approximate surface area is 214 Å². The molecule has 0 aliphatic rings. The number of carbonyl (C=O) groups is 1. The monoisotopic (exact) mass is 626 g/mol. The fourth-order valence-corrected chi connectivity index (χ4v) is 21.3. The predicted octanol–water partition coefficient (Wildman–Crippen LogP) is 9.13. The van der Waals surface area contributed by atoms with Gasteiger partial charge in [0.05, 0.1) is 0 Å². The minimum absolute atomic E-state index is 0.0577. The first kappa shape index (κ1) is 32.4. The third-order valence-electron chi connectivity index (χ3n) is 6.10. The average molecular weight is 625 g/mol. The van der Waals surface area contributed by atoms with Crippen molar-refractivity contribution in [3.8, 4) is 11.8 Å². The van der Waals surface area contributed by atoms with Crippen molar-refractivity contribution >= 4 is 29.9 Å².